The van der Waals surface area contributed by atoms with Crippen LogP contribution in [0.25, 0.3) is 0 Å². The maximum absolute atomic E-state index is 10.2. The van der Waals surface area contributed by atoms with Gasteiger partial charge in [-0.25, -0.2) is 4.21 Å². The molecule has 0 aromatic carbocycles. The van der Waals surface area contributed by atoms with E-state index in [0.717, 1.165) is 12.8 Å². The molecule has 0 radical (unpaired) electrons. The number of rotatable bonds is 6. The Kier molecular flexibility index (Phi) is 7.29. The molecule has 1 unspecified atom stereocenters. The highest BCUT2D eigenvalue weighted by atomic mass is 32.2. The molecule has 0 aliphatic carbocycles. The summed E-state index contributed by atoms with van der Waals surface area (Å²) < 4.78 is 18.7. The molecular weight excluding hydrogens is 174 g/mol. The first-order valence-electron chi connectivity index (χ1n) is 4.30. The van der Waals surface area contributed by atoms with Gasteiger partial charge in [-0.15, -0.1) is 0 Å². The molecule has 12 heavy (non-hydrogen) atoms. The summed E-state index contributed by atoms with van der Waals surface area (Å²) in [5, 5.41) is 0. The second-order valence-electron chi connectivity index (χ2n) is 2.53. The summed E-state index contributed by atoms with van der Waals surface area (Å²) in [7, 11) is 0. The van der Waals surface area contributed by atoms with Gasteiger partial charge in [0.15, 0.2) is 11.1 Å². The van der Waals surface area contributed by atoms with Crippen molar-refractivity contribution in [2.45, 2.75) is 33.1 Å². The highest BCUT2D eigenvalue weighted by Crippen LogP contribution is 1.93. The Morgan fingerprint density at radius 1 is 1.42 bits per heavy atom. The lowest BCUT2D eigenvalue weighted by molar-refractivity contribution is 0.562. The Labute approximate surface area is 76.6 Å². The zero-order chi connectivity index (χ0) is 9.40. The molecule has 1 atom stereocenters. The van der Waals surface area contributed by atoms with E-state index >= 15 is 0 Å². The minimum absolute atomic E-state index is 0.338. The molecule has 0 bridgehead atoms. The third kappa shape index (κ3) is 6.49. The monoisotopic (exact) mass is 191 g/mol. The van der Waals surface area contributed by atoms with Crippen molar-refractivity contribution in [2.24, 2.45) is 4.99 Å². The molecule has 0 fully saturated rings. The molecule has 0 rings (SSSR count). The third-order valence-electron chi connectivity index (χ3n) is 1.63. The Morgan fingerprint density at radius 3 is 2.42 bits per heavy atom. The van der Waals surface area contributed by atoms with Crippen LogP contribution in [-0.2, 0) is 11.1 Å². The van der Waals surface area contributed by atoms with Crippen molar-refractivity contribution in [3.63, 3.8) is 0 Å². The first-order valence-corrected chi connectivity index (χ1v) is 5.57. The van der Waals surface area contributed by atoms with Crippen molar-refractivity contribution in [3.8, 4) is 0 Å². The van der Waals surface area contributed by atoms with Crippen molar-refractivity contribution in [2.75, 3.05) is 12.3 Å². The molecule has 1 N–H and O–H groups in total. The second-order valence-corrected chi connectivity index (χ2v) is 3.59. The summed E-state index contributed by atoms with van der Waals surface area (Å²) in [5.74, 6) is 0.338. The summed E-state index contributed by atoms with van der Waals surface area (Å²) >= 11 is -1.65. The molecular formula is C8H17NO2S. The van der Waals surface area contributed by atoms with Crippen molar-refractivity contribution < 1.29 is 8.76 Å². The Morgan fingerprint density at radius 2 is 2.00 bits per heavy atom. The molecule has 0 amide bonds. The lowest BCUT2D eigenvalue weighted by Gasteiger charge is -1.98. The average Bonchev–Trinajstić information content (AvgIpc) is 2.04. The standard InChI is InChI=1S/C8H17NO2S/c1-3-8(4-2)9-6-5-7-12(10)11/h3-7H2,1-2H3,(H,10,11). The van der Waals surface area contributed by atoms with Crippen molar-refractivity contribution in [3.05, 3.63) is 0 Å². The quantitative estimate of drug-likeness (QED) is 0.396. The van der Waals surface area contributed by atoms with Gasteiger partial charge in [0.25, 0.3) is 0 Å². The van der Waals surface area contributed by atoms with Crippen LogP contribution in [0.5, 0.6) is 0 Å². The minimum Gasteiger partial charge on any atom is -0.306 e. The number of nitrogens with zero attached hydrogens (tertiary/aromatic N) is 1. The lowest BCUT2D eigenvalue weighted by atomic mass is 10.2. The lowest BCUT2D eigenvalue weighted by Crippen LogP contribution is -2.00. The van der Waals surface area contributed by atoms with Gasteiger partial charge in [-0.3, -0.25) is 4.99 Å². The third-order valence-corrected chi connectivity index (χ3v) is 2.27. The normalized spacial score (nSPS) is 12.6. The van der Waals surface area contributed by atoms with Crippen molar-refractivity contribution >= 4 is 16.8 Å². The first kappa shape index (κ1) is 11.8. The van der Waals surface area contributed by atoms with Crippen molar-refractivity contribution in [1.82, 2.24) is 0 Å². The van der Waals surface area contributed by atoms with Gasteiger partial charge in [-0.05, 0) is 19.3 Å². The average molecular weight is 191 g/mol. The van der Waals surface area contributed by atoms with Crippen LogP contribution >= 0.6 is 0 Å². The van der Waals surface area contributed by atoms with Gasteiger partial charge in [-0.1, -0.05) is 13.8 Å². The molecule has 0 aromatic heterocycles. The summed E-state index contributed by atoms with van der Waals surface area (Å²) in [6.07, 6.45) is 2.67. The Balaban J connectivity index is 3.51. The van der Waals surface area contributed by atoms with E-state index in [1.165, 1.54) is 5.71 Å². The number of hydrogen-bond donors (Lipinski definition) is 1. The molecule has 0 aromatic rings. The van der Waals surface area contributed by atoms with E-state index in [9.17, 15) is 4.21 Å². The van der Waals surface area contributed by atoms with E-state index in [0.29, 0.717) is 18.7 Å². The van der Waals surface area contributed by atoms with Gasteiger partial charge < -0.3 is 4.55 Å². The molecule has 72 valence electrons. The Hall–Kier alpha value is -0.220. The maximum atomic E-state index is 10.2. The fourth-order valence-corrected chi connectivity index (χ4v) is 1.27. The highest BCUT2D eigenvalue weighted by molar-refractivity contribution is 7.79. The maximum Gasteiger partial charge on any atom is 0.152 e. The first-order chi connectivity index (χ1) is 5.70. The largest absolute Gasteiger partial charge is 0.306 e. The van der Waals surface area contributed by atoms with E-state index in [1.54, 1.807) is 0 Å². The van der Waals surface area contributed by atoms with Gasteiger partial charge >= 0.3 is 0 Å². The van der Waals surface area contributed by atoms with Gasteiger partial charge in [0.1, 0.15) is 0 Å². The van der Waals surface area contributed by atoms with Crippen LogP contribution in [0.4, 0.5) is 0 Å². The molecule has 0 saturated heterocycles. The predicted molar refractivity (Wildman–Crippen MR) is 53.1 cm³/mol. The van der Waals surface area contributed by atoms with Crippen LogP contribution in [0.3, 0.4) is 0 Å². The van der Waals surface area contributed by atoms with E-state index in [-0.39, 0.29) is 0 Å². The van der Waals surface area contributed by atoms with E-state index in [4.69, 9.17) is 4.55 Å². The van der Waals surface area contributed by atoms with Gasteiger partial charge in [0.2, 0.25) is 0 Å². The summed E-state index contributed by atoms with van der Waals surface area (Å²) in [6.45, 7) is 4.84. The summed E-state index contributed by atoms with van der Waals surface area (Å²) in [4.78, 5) is 4.30. The van der Waals surface area contributed by atoms with E-state index < -0.39 is 11.1 Å². The molecule has 0 heterocycles. The topological polar surface area (TPSA) is 49.7 Å². The van der Waals surface area contributed by atoms with E-state index in [2.05, 4.69) is 18.8 Å². The van der Waals surface area contributed by atoms with Crippen LogP contribution in [-0.4, -0.2) is 26.8 Å². The van der Waals surface area contributed by atoms with Crippen LogP contribution in [0.15, 0.2) is 4.99 Å². The smallest absolute Gasteiger partial charge is 0.152 e. The van der Waals surface area contributed by atoms with Crippen LogP contribution in [0.2, 0.25) is 0 Å². The van der Waals surface area contributed by atoms with Crippen LogP contribution < -0.4 is 0 Å². The molecule has 4 heteroatoms. The molecule has 0 aliphatic rings. The van der Waals surface area contributed by atoms with Crippen molar-refractivity contribution in [1.29, 1.82) is 0 Å². The number of hydrogen-bond acceptors (Lipinski definition) is 2. The number of aliphatic imine (C=N–C) groups is 1. The van der Waals surface area contributed by atoms with Gasteiger partial charge in [0.05, 0.1) is 5.75 Å². The molecule has 0 spiro atoms. The fourth-order valence-electron chi connectivity index (χ4n) is 0.899. The van der Waals surface area contributed by atoms with Crippen LogP contribution in [0.1, 0.15) is 33.1 Å². The zero-order valence-corrected chi connectivity index (χ0v) is 8.56. The summed E-state index contributed by atoms with van der Waals surface area (Å²) in [5.41, 5.74) is 1.19. The zero-order valence-electron chi connectivity index (χ0n) is 7.75. The fraction of sp³-hybridized carbons (Fsp3) is 0.875. The van der Waals surface area contributed by atoms with E-state index in [1.807, 2.05) is 0 Å². The summed E-state index contributed by atoms with van der Waals surface area (Å²) in [6, 6.07) is 0. The van der Waals surface area contributed by atoms with Gasteiger partial charge in [0, 0.05) is 12.3 Å². The molecule has 0 saturated carbocycles. The minimum atomic E-state index is -1.65. The SMILES string of the molecule is CCC(CC)=NCCCS(=O)O. The predicted octanol–water partition coefficient (Wildman–Crippen LogP) is 1.86. The second kappa shape index (κ2) is 7.43. The van der Waals surface area contributed by atoms with Gasteiger partial charge in [-0.2, -0.15) is 0 Å². The molecule has 3 nitrogen and oxygen atoms in total. The Bertz CT molecular complexity index is 162. The molecule has 0 aliphatic heterocycles. The van der Waals surface area contributed by atoms with Crippen LogP contribution in [0, 0.1) is 0 Å². The highest BCUT2D eigenvalue weighted by Gasteiger charge is 1.93.